The molecule has 10 heteroatoms. The highest BCUT2D eigenvalue weighted by Crippen LogP contribution is 2.34. The van der Waals surface area contributed by atoms with E-state index < -0.39 is 39.6 Å². The lowest BCUT2D eigenvalue weighted by Crippen LogP contribution is -2.41. The summed E-state index contributed by atoms with van der Waals surface area (Å²) >= 11 is 0. The first-order valence-electron chi connectivity index (χ1n) is 11.1. The zero-order chi connectivity index (χ0) is 24.4. The summed E-state index contributed by atoms with van der Waals surface area (Å²) in [5, 5.41) is 3.47. The molecule has 2 aromatic heterocycles. The Morgan fingerprint density at radius 1 is 1.21 bits per heavy atom. The van der Waals surface area contributed by atoms with Crippen LogP contribution in [-0.4, -0.2) is 53.7 Å². The van der Waals surface area contributed by atoms with Crippen LogP contribution in [0.1, 0.15) is 46.9 Å². The first kappa shape index (κ1) is 22.4. The van der Waals surface area contributed by atoms with Crippen molar-refractivity contribution in [1.82, 2.24) is 14.8 Å². The zero-order valence-electron chi connectivity index (χ0n) is 19.1. The molecule has 2 unspecified atom stereocenters. The van der Waals surface area contributed by atoms with Gasteiger partial charge in [0.15, 0.2) is 21.2 Å². The van der Waals surface area contributed by atoms with Gasteiger partial charge >= 0.3 is 6.03 Å². The Labute approximate surface area is 196 Å². The first-order valence-corrected chi connectivity index (χ1v) is 12.9. The SMILES string of the molecule is Cc1cc(C(=O)CN2C(=O)NC(C)(c3cc4ccccc4o3)C2=O)c(C)n1C1CCS(=O)(=O)C1. The molecule has 2 aliphatic rings. The molecule has 0 aliphatic carbocycles. The Morgan fingerprint density at radius 3 is 2.62 bits per heavy atom. The third kappa shape index (κ3) is 3.44. The second-order valence-electron chi connectivity index (χ2n) is 9.23. The number of carbonyl (C=O) groups is 3. The summed E-state index contributed by atoms with van der Waals surface area (Å²) in [4.78, 5) is 40.1. The molecule has 2 atom stereocenters. The van der Waals surface area contributed by atoms with E-state index in [-0.39, 0.29) is 17.5 Å². The molecule has 4 heterocycles. The van der Waals surface area contributed by atoms with Crippen LogP contribution in [0.3, 0.4) is 0 Å². The van der Waals surface area contributed by atoms with Crippen LogP contribution in [0.5, 0.6) is 0 Å². The minimum Gasteiger partial charge on any atom is -0.458 e. The average molecular weight is 484 g/mol. The second kappa shape index (κ2) is 7.56. The zero-order valence-corrected chi connectivity index (χ0v) is 19.9. The molecule has 34 heavy (non-hydrogen) atoms. The quantitative estimate of drug-likeness (QED) is 0.440. The summed E-state index contributed by atoms with van der Waals surface area (Å²) in [5.74, 6) is -0.499. The van der Waals surface area contributed by atoms with Crippen molar-refractivity contribution in [2.75, 3.05) is 18.1 Å². The number of hydrogen-bond acceptors (Lipinski definition) is 6. The number of ketones is 1. The number of nitrogens with zero attached hydrogens (tertiary/aromatic N) is 2. The van der Waals surface area contributed by atoms with Crippen molar-refractivity contribution < 1.29 is 27.2 Å². The third-order valence-electron chi connectivity index (χ3n) is 6.85. The summed E-state index contributed by atoms with van der Waals surface area (Å²) in [6, 6.07) is 9.80. The highest BCUT2D eigenvalue weighted by molar-refractivity contribution is 7.91. The van der Waals surface area contributed by atoms with Crippen molar-refractivity contribution in [3.63, 3.8) is 0 Å². The Morgan fingerprint density at radius 2 is 1.94 bits per heavy atom. The number of imide groups is 1. The second-order valence-corrected chi connectivity index (χ2v) is 11.5. The Hall–Kier alpha value is -3.40. The maximum Gasteiger partial charge on any atom is 0.325 e. The number of amides is 3. The van der Waals surface area contributed by atoms with Crippen LogP contribution in [0.15, 0.2) is 40.8 Å². The molecule has 0 spiro atoms. The van der Waals surface area contributed by atoms with Gasteiger partial charge in [0.25, 0.3) is 5.91 Å². The van der Waals surface area contributed by atoms with Gasteiger partial charge in [0.1, 0.15) is 11.3 Å². The Bertz CT molecular complexity index is 1430. The van der Waals surface area contributed by atoms with Crippen molar-refractivity contribution in [3.8, 4) is 0 Å². The van der Waals surface area contributed by atoms with Gasteiger partial charge in [-0.2, -0.15) is 0 Å². The van der Waals surface area contributed by atoms with Gasteiger partial charge in [-0.25, -0.2) is 13.2 Å². The summed E-state index contributed by atoms with van der Waals surface area (Å²) in [7, 11) is -3.09. The molecule has 0 bridgehead atoms. The van der Waals surface area contributed by atoms with Gasteiger partial charge in [-0.1, -0.05) is 18.2 Å². The lowest BCUT2D eigenvalue weighted by molar-refractivity contribution is -0.131. The number of aryl methyl sites for hydroxylation is 1. The monoisotopic (exact) mass is 483 g/mol. The summed E-state index contributed by atoms with van der Waals surface area (Å²) < 4.78 is 31.6. The first-order chi connectivity index (χ1) is 16.0. The highest BCUT2D eigenvalue weighted by Gasteiger charge is 2.51. The number of sulfone groups is 1. The molecule has 178 valence electrons. The fourth-order valence-electron chi connectivity index (χ4n) is 5.06. The van der Waals surface area contributed by atoms with E-state index in [1.54, 1.807) is 32.0 Å². The van der Waals surface area contributed by atoms with E-state index in [1.807, 2.05) is 29.7 Å². The van der Waals surface area contributed by atoms with Gasteiger partial charge in [0.2, 0.25) is 0 Å². The number of hydrogen-bond donors (Lipinski definition) is 1. The molecule has 0 radical (unpaired) electrons. The van der Waals surface area contributed by atoms with E-state index in [1.165, 1.54) is 0 Å². The molecular formula is C24H25N3O6S. The van der Waals surface area contributed by atoms with E-state index in [0.29, 0.717) is 29.0 Å². The molecule has 1 aromatic carbocycles. The van der Waals surface area contributed by atoms with Gasteiger partial charge in [0.05, 0.1) is 18.1 Å². The van der Waals surface area contributed by atoms with Crippen molar-refractivity contribution in [2.45, 2.75) is 38.8 Å². The fourth-order valence-corrected chi connectivity index (χ4v) is 6.76. The average Bonchev–Trinajstić information content (AvgIpc) is 3.49. The lowest BCUT2D eigenvalue weighted by Gasteiger charge is -2.19. The van der Waals surface area contributed by atoms with E-state index in [0.717, 1.165) is 16.0 Å². The number of aromatic nitrogens is 1. The Kier molecular flexibility index (Phi) is 4.98. The molecule has 2 aliphatic heterocycles. The number of furan rings is 1. The van der Waals surface area contributed by atoms with Crippen molar-refractivity contribution >= 4 is 38.5 Å². The van der Waals surface area contributed by atoms with E-state index in [2.05, 4.69) is 5.32 Å². The number of rotatable bonds is 5. The van der Waals surface area contributed by atoms with Gasteiger partial charge in [-0.3, -0.25) is 14.5 Å². The van der Waals surface area contributed by atoms with Crippen LogP contribution in [0, 0.1) is 13.8 Å². The fraction of sp³-hybridized carbons (Fsp3) is 0.375. The Balaban J connectivity index is 1.40. The summed E-state index contributed by atoms with van der Waals surface area (Å²) in [5.41, 5.74) is 0.950. The van der Waals surface area contributed by atoms with Crippen molar-refractivity contribution in [2.24, 2.45) is 0 Å². The molecule has 2 fully saturated rings. The summed E-state index contributed by atoms with van der Waals surface area (Å²) in [6.45, 7) is 4.71. The third-order valence-corrected chi connectivity index (χ3v) is 8.60. The highest BCUT2D eigenvalue weighted by atomic mass is 32.2. The number of para-hydroxylation sites is 1. The van der Waals surface area contributed by atoms with E-state index >= 15 is 0 Å². The van der Waals surface area contributed by atoms with E-state index in [9.17, 15) is 22.8 Å². The molecular weight excluding hydrogens is 458 g/mol. The number of Topliss-reactive ketones (excluding diaryl/α,β-unsaturated/α-hetero) is 1. The molecule has 2 saturated heterocycles. The minimum absolute atomic E-state index is 0.0415. The predicted molar refractivity (Wildman–Crippen MR) is 124 cm³/mol. The number of carbonyl (C=O) groups excluding carboxylic acids is 3. The van der Waals surface area contributed by atoms with Crippen LogP contribution in [0.25, 0.3) is 11.0 Å². The number of urea groups is 1. The van der Waals surface area contributed by atoms with Gasteiger partial charge in [-0.05, 0) is 45.4 Å². The molecule has 3 aromatic rings. The number of nitrogens with one attached hydrogen (secondary N) is 1. The van der Waals surface area contributed by atoms with Gasteiger partial charge < -0.3 is 14.3 Å². The topological polar surface area (TPSA) is 119 Å². The maximum absolute atomic E-state index is 13.3. The van der Waals surface area contributed by atoms with Crippen LogP contribution < -0.4 is 5.32 Å². The van der Waals surface area contributed by atoms with Crippen LogP contribution in [0.4, 0.5) is 4.79 Å². The van der Waals surface area contributed by atoms with Gasteiger partial charge in [0, 0.05) is 28.4 Å². The van der Waals surface area contributed by atoms with Crippen LogP contribution in [-0.2, 0) is 20.2 Å². The van der Waals surface area contributed by atoms with Crippen molar-refractivity contribution in [1.29, 1.82) is 0 Å². The standard InChI is InChI=1S/C24H25N3O6S/c1-14-10-18(15(2)27(14)17-8-9-34(31,32)13-17)19(28)12-26-22(29)24(3,25-23(26)30)21-11-16-6-4-5-7-20(16)33-21/h4-7,10-11,17H,8-9,12-13H2,1-3H3,(H,25,30). The predicted octanol–water partition coefficient (Wildman–Crippen LogP) is 2.86. The van der Waals surface area contributed by atoms with E-state index in [4.69, 9.17) is 4.42 Å². The van der Waals surface area contributed by atoms with Crippen LogP contribution in [0.2, 0.25) is 0 Å². The normalized spacial score (nSPS) is 24.2. The smallest absolute Gasteiger partial charge is 0.325 e. The molecule has 3 amide bonds. The number of fused-ring (bicyclic) bond motifs is 1. The maximum atomic E-state index is 13.3. The summed E-state index contributed by atoms with van der Waals surface area (Å²) in [6.07, 6.45) is 0.495. The molecule has 5 rings (SSSR count). The van der Waals surface area contributed by atoms with Crippen LogP contribution >= 0.6 is 0 Å². The van der Waals surface area contributed by atoms with Gasteiger partial charge in [-0.15, -0.1) is 0 Å². The lowest BCUT2D eigenvalue weighted by atomic mass is 9.98. The molecule has 0 saturated carbocycles. The van der Waals surface area contributed by atoms with Crippen molar-refractivity contribution in [3.05, 3.63) is 59.1 Å². The molecule has 1 N–H and O–H groups in total. The number of benzene rings is 1. The largest absolute Gasteiger partial charge is 0.458 e. The molecule has 9 nitrogen and oxygen atoms in total. The minimum atomic E-state index is -3.09.